The van der Waals surface area contributed by atoms with Crippen LogP contribution in [-0.4, -0.2) is 18.9 Å². The van der Waals surface area contributed by atoms with Crippen LogP contribution in [-0.2, 0) is 4.74 Å². The summed E-state index contributed by atoms with van der Waals surface area (Å²) in [6.45, 7) is 0. The number of ketones is 1. The molecule has 2 heterocycles. The van der Waals surface area contributed by atoms with E-state index in [1.165, 1.54) is 18.4 Å². The number of allylic oxidation sites excluding steroid dienone is 1. The van der Waals surface area contributed by atoms with Crippen molar-refractivity contribution < 1.29 is 19.1 Å². The monoisotopic (exact) mass is 300 g/mol. The molecule has 0 bridgehead atoms. The molecule has 1 aromatic carbocycles. The molecule has 0 fully saturated rings. The second-order valence-corrected chi connectivity index (χ2v) is 5.62. The minimum absolute atomic E-state index is 0.0350. The quantitative estimate of drug-likeness (QED) is 0.796. The molecule has 21 heavy (non-hydrogen) atoms. The van der Waals surface area contributed by atoms with E-state index < -0.39 is 0 Å². The zero-order valence-electron chi connectivity index (χ0n) is 11.3. The first-order valence-corrected chi connectivity index (χ1v) is 7.18. The Balaban J connectivity index is 1.87. The lowest BCUT2D eigenvalue weighted by molar-refractivity contribution is 0.0606. The van der Waals surface area contributed by atoms with Gasteiger partial charge in [-0.2, -0.15) is 0 Å². The third kappa shape index (κ3) is 2.73. The van der Waals surface area contributed by atoms with E-state index >= 15 is 0 Å². The lowest BCUT2D eigenvalue weighted by Crippen LogP contribution is -2.13. The zero-order valence-corrected chi connectivity index (χ0v) is 12.1. The van der Waals surface area contributed by atoms with Crippen LogP contribution in [0.5, 0.6) is 5.75 Å². The van der Waals surface area contributed by atoms with E-state index in [-0.39, 0.29) is 18.2 Å². The van der Waals surface area contributed by atoms with Gasteiger partial charge in [-0.1, -0.05) is 12.1 Å². The molecule has 4 nitrogen and oxygen atoms in total. The van der Waals surface area contributed by atoms with Crippen molar-refractivity contribution in [1.29, 1.82) is 0 Å². The molecule has 0 N–H and O–H groups in total. The zero-order chi connectivity index (χ0) is 14.8. The van der Waals surface area contributed by atoms with Crippen LogP contribution in [0.2, 0.25) is 0 Å². The summed E-state index contributed by atoms with van der Waals surface area (Å²) in [6.07, 6.45) is 2.01. The summed E-state index contributed by atoms with van der Waals surface area (Å²) in [5.41, 5.74) is 0.607. The lowest BCUT2D eigenvalue weighted by Gasteiger charge is -2.18. The fourth-order valence-electron chi connectivity index (χ4n) is 2.10. The molecule has 1 aromatic heterocycles. The average Bonchev–Trinajstić information content (AvgIpc) is 2.95. The normalized spacial score (nSPS) is 15.5. The van der Waals surface area contributed by atoms with Gasteiger partial charge in [0.15, 0.2) is 5.78 Å². The molecule has 0 spiro atoms. The number of hydrogen-bond acceptors (Lipinski definition) is 5. The van der Waals surface area contributed by atoms with Crippen LogP contribution in [0.1, 0.15) is 31.3 Å². The maximum absolute atomic E-state index is 12.1. The Kier molecular flexibility index (Phi) is 3.58. The van der Waals surface area contributed by atoms with E-state index in [0.717, 1.165) is 4.88 Å². The summed E-state index contributed by atoms with van der Waals surface area (Å²) >= 11 is 1.30. The van der Waals surface area contributed by atoms with Crippen LogP contribution in [0.25, 0.3) is 6.08 Å². The van der Waals surface area contributed by atoms with Crippen molar-refractivity contribution in [3.8, 4) is 5.75 Å². The van der Waals surface area contributed by atoms with Crippen LogP contribution < -0.4 is 4.74 Å². The van der Waals surface area contributed by atoms with Crippen LogP contribution in [0.3, 0.4) is 0 Å². The Hall–Kier alpha value is -2.40. The van der Waals surface area contributed by atoms with E-state index in [1.807, 2.05) is 12.1 Å². The van der Waals surface area contributed by atoms with E-state index in [4.69, 9.17) is 4.74 Å². The van der Waals surface area contributed by atoms with Gasteiger partial charge < -0.3 is 9.47 Å². The van der Waals surface area contributed by atoms with E-state index in [1.54, 1.807) is 30.3 Å². The summed E-state index contributed by atoms with van der Waals surface area (Å²) in [6, 6.07) is 10.7. The Bertz CT molecular complexity index is 742. The molecule has 3 rings (SSSR count). The Morgan fingerprint density at radius 3 is 2.90 bits per heavy atom. The van der Waals surface area contributed by atoms with Crippen molar-refractivity contribution in [2.45, 2.75) is 6.42 Å². The highest BCUT2D eigenvalue weighted by Crippen LogP contribution is 2.31. The number of ether oxygens (including phenoxy) is 2. The smallest absolute Gasteiger partial charge is 0.348 e. The fraction of sp³-hybridized carbons (Fsp3) is 0.125. The van der Waals surface area contributed by atoms with Gasteiger partial charge in [0.2, 0.25) is 0 Å². The van der Waals surface area contributed by atoms with Crippen LogP contribution in [0.15, 0.2) is 42.2 Å². The molecule has 0 amide bonds. The minimum Gasteiger partial charge on any atom is -0.465 e. The van der Waals surface area contributed by atoms with Gasteiger partial charge in [-0.05, 0) is 30.3 Å². The van der Waals surface area contributed by atoms with Gasteiger partial charge in [-0.3, -0.25) is 4.79 Å². The predicted molar refractivity (Wildman–Crippen MR) is 79.7 cm³/mol. The summed E-state index contributed by atoms with van der Waals surface area (Å²) in [7, 11) is 1.35. The standard InChI is InChI=1S/C16H12O4S/c1-19-16(18)15-7-6-11(21-15)8-10-9-13(17)12-4-2-3-5-14(12)20-10/h2-8H,9H2,1H3. The van der Waals surface area contributed by atoms with Crippen LogP contribution in [0.4, 0.5) is 0 Å². The number of thiophene rings is 1. The van der Waals surface area contributed by atoms with E-state index in [2.05, 4.69) is 4.74 Å². The molecule has 5 heteroatoms. The lowest BCUT2D eigenvalue weighted by atomic mass is 10.0. The second kappa shape index (κ2) is 5.54. The number of rotatable bonds is 2. The molecule has 0 unspecified atom stereocenters. The van der Waals surface area contributed by atoms with Crippen LogP contribution >= 0.6 is 11.3 Å². The van der Waals surface area contributed by atoms with Gasteiger partial charge in [-0.25, -0.2) is 4.79 Å². The number of Topliss-reactive ketones (excluding diaryl/α,β-unsaturated/α-hetero) is 1. The maximum Gasteiger partial charge on any atom is 0.348 e. The van der Waals surface area contributed by atoms with Gasteiger partial charge in [0.05, 0.1) is 19.1 Å². The fourth-order valence-corrected chi connectivity index (χ4v) is 2.98. The highest BCUT2D eigenvalue weighted by atomic mass is 32.1. The molecule has 0 aliphatic carbocycles. The number of para-hydroxylation sites is 1. The molecule has 0 atom stereocenters. The van der Waals surface area contributed by atoms with E-state index in [0.29, 0.717) is 21.9 Å². The summed E-state index contributed by atoms with van der Waals surface area (Å²) in [5.74, 6) is 0.824. The third-order valence-electron chi connectivity index (χ3n) is 3.08. The Morgan fingerprint density at radius 1 is 1.29 bits per heavy atom. The first-order chi connectivity index (χ1) is 10.2. The number of esters is 1. The average molecular weight is 300 g/mol. The summed E-state index contributed by atoms with van der Waals surface area (Å²) in [4.78, 5) is 24.8. The summed E-state index contributed by atoms with van der Waals surface area (Å²) < 4.78 is 10.4. The van der Waals surface area contributed by atoms with E-state index in [9.17, 15) is 9.59 Å². The van der Waals surface area contributed by atoms with Crippen molar-refractivity contribution in [2.24, 2.45) is 0 Å². The predicted octanol–water partition coefficient (Wildman–Crippen LogP) is 3.54. The van der Waals surface area contributed by atoms with Crippen molar-refractivity contribution >= 4 is 29.2 Å². The van der Waals surface area contributed by atoms with Crippen molar-refractivity contribution in [3.05, 3.63) is 57.5 Å². The SMILES string of the molecule is COC(=O)c1ccc(C=C2CC(=O)c3ccccc3O2)s1. The number of benzene rings is 1. The van der Waals surface area contributed by atoms with Crippen LogP contribution in [0, 0.1) is 0 Å². The number of hydrogen-bond donors (Lipinski definition) is 0. The highest BCUT2D eigenvalue weighted by molar-refractivity contribution is 7.14. The van der Waals surface area contributed by atoms with Gasteiger partial charge in [0.1, 0.15) is 16.4 Å². The Labute approximate surface area is 125 Å². The van der Waals surface area contributed by atoms with Crippen molar-refractivity contribution in [1.82, 2.24) is 0 Å². The topological polar surface area (TPSA) is 52.6 Å². The first kappa shape index (κ1) is 13.6. The maximum atomic E-state index is 12.1. The molecule has 1 aliphatic rings. The van der Waals surface area contributed by atoms with Gasteiger partial charge in [-0.15, -0.1) is 11.3 Å². The molecule has 2 aromatic rings. The van der Waals surface area contributed by atoms with Gasteiger partial charge in [0, 0.05) is 4.88 Å². The number of methoxy groups -OCH3 is 1. The molecule has 1 aliphatic heterocycles. The van der Waals surface area contributed by atoms with Gasteiger partial charge >= 0.3 is 5.97 Å². The largest absolute Gasteiger partial charge is 0.465 e. The second-order valence-electron chi connectivity index (χ2n) is 4.50. The molecule has 106 valence electrons. The molecule has 0 saturated heterocycles. The minimum atomic E-state index is -0.365. The summed E-state index contributed by atoms with van der Waals surface area (Å²) in [5, 5.41) is 0. The Morgan fingerprint density at radius 2 is 2.10 bits per heavy atom. The molecule has 0 saturated carbocycles. The van der Waals surface area contributed by atoms with Crippen molar-refractivity contribution in [2.75, 3.05) is 7.11 Å². The molecule has 0 radical (unpaired) electrons. The number of carbonyl (C=O) groups excluding carboxylic acids is 2. The number of carbonyl (C=O) groups is 2. The van der Waals surface area contributed by atoms with Gasteiger partial charge in [0.25, 0.3) is 0 Å². The third-order valence-corrected chi connectivity index (χ3v) is 4.09. The molecular weight excluding hydrogens is 288 g/mol. The first-order valence-electron chi connectivity index (χ1n) is 6.36. The highest BCUT2D eigenvalue weighted by Gasteiger charge is 2.21. The van der Waals surface area contributed by atoms with Crippen molar-refractivity contribution in [3.63, 3.8) is 0 Å². The number of fused-ring (bicyclic) bond motifs is 1. The molecular formula is C16H12O4S.